The van der Waals surface area contributed by atoms with Gasteiger partial charge in [-0.15, -0.1) is 0 Å². The molecule has 0 radical (unpaired) electrons. The Bertz CT molecular complexity index is 1410. The van der Waals surface area contributed by atoms with E-state index < -0.39 is 52.4 Å². The van der Waals surface area contributed by atoms with Crippen molar-refractivity contribution in [1.29, 1.82) is 0 Å². The van der Waals surface area contributed by atoms with Gasteiger partial charge in [0.05, 0.1) is 29.4 Å². The maximum atomic E-state index is 13.8. The Labute approximate surface area is 279 Å². The zero-order chi connectivity index (χ0) is 34.8. The number of sulfone groups is 1. The van der Waals surface area contributed by atoms with Crippen LogP contribution in [0.4, 0.5) is 11.4 Å². The first-order valence-electron chi connectivity index (χ1n) is 16.5. The van der Waals surface area contributed by atoms with Gasteiger partial charge in [-0.3, -0.25) is 10.1 Å². The Kier molecular flexibility index (Phi) is 14.6. The Hall–Kier alpha value is -2.62. The minimum atomic E-state index is -3.59. The van der Waals surface area contributed by atoms with E-state index >= 15 is 0 Å². The second-order valence-electron chi connectivity index (χ2n) is 12.8. The van der Waals surface area contributed by atoms with Crippen molar-refractivity contribution in [3.8, 4) is 0 Å². The predicted octanol–water partition coefficient (Wildman–Crippen LogP) is 1.69. The Morgan fingerprint density at radius 2 is 1.74 bits per heavy atom. The van der Waals surface area contributed by atoms with E-state index in [9.17, 15) is 33.6 Å². The van der Waals surface area contributed by atoms with Crippen molar-refractivity contribution in [3.63, 3.8) is 0 Å². The second-order valence-corrected chi connectivity index (χ2v) is 14.8. The molecule has 1 heterocycles. The zero-order valence-corrected chi connectivity index (χ0v) is 28.8. The molecule has 0 saturated carbocycles. The van der Waals surface area contributed by atoms with Crippen LogP contribution in [-0.4, -0.2) is 109 Å². The number of aliphatic hydroxyl groups excluding tert-OH is 5. The van der Waals surface area contributed by atoms with E-state index in [4.69, 9.17) is 5.11 Å². The van der Waals surface area contributed by atoms with Crippen LogP contribution in [0.2, 0.25) is 0 Å². The molecule has 1 amide bonds. The molecule has 3 rings (SSSR count). The number of unbranched alkanes of at least 4 members (excludes halogenated alkanes) is 2. The number of hydrogen-bond donors (Lipinski definition) is 8. The van der Waals surface area contributed by atoms with Gasteiger partial charge in [-0.1, -0.05) is 38.8 Å². The lowest BCUT2D eigenvalue weighted by molar-refractivity contribution is -0.116. The van der Waals surface area contributed by atoms with E-state index in [0.29, 0.717) is 42.0 Å². The Balaban J connectivity index is 1.70. The molecule has 2 aromatic carbocycles. The number of hydrogen-bond acceptors (Lipinski definition) is 11. The van der Waals surface area contributed by atoms with Crippen molar-refractivity contribution >= 4 is 27.1 Å². The molecule has 0 aliphatic carbocycles. The fourth-order valence-electron chi connectivity index (χ4n) is 5.98. The number of nitrogens with one attached hydrogen (secondary N) is 3. The number of benzene rings is 2. The Morgan fingerprint density at radius 1 is 1.02 bits per heavy atom. The number of nitrogens with zero attached hydrogens (tertiary/aromatic N) is 1. The molecule has 264 valence electrons. The van der Waals surface area contributed by atoms with Crippen LogP contribution < -0.4 is 20.9 Å². The van der Waals surface area contributed by atoms with Crippen molar-refractivity contribution in [3.05, 3.63) is 53.6 Å². The van der Waals surface area contributed by atoms with Gasteiger partial charge in [0, 0.05) is 44.0 Å². The molecule has 0 aromatic heterocycles. The molecule has 0 saturated heterocycles. The van der Waals surface area contributed by atoms with E-state index in [0.717, 1.165) is 30.5 Å². The van der Waals surface area contributed by atoms with Crippen LogP contribution in [0, 0.1) is 0 Å². The van der Waals surface area contributed by atoms with Crippen molar-refractivity contribution in [2.45, 2.75) is 99.7 Å². The molecule has 12 nitrogen and oxygen atoms in total. The highest BCUT2D eigenvalue weighted by Gasteiger charge is 2.42. The van der Waals surface area contributed by atoms with Crippen LogP contribution in [0.25, 0.3) is 0 Å². The van der Waals surface area contributed by atoms with E-state index in [-0.39, 0.29) is 24.6 Å². The van der Waals surface area contributed by atoms with Gasteiger partial charge in [0.2, 0.25) is 5.91 Å². The molecule has 47 heavy (non-hydrogen) atoms. The number of carbonyl (C=O) groups is 1. The normalized spacial score (nSPS) is 21.6. The molecule has 0 spiro atoms. The van der Waals surface area contributed by atoms with Crippen LogP contribution >= 0.6 is 0 Å². The summed E-state index contributed by atoms with van der Waals surface area (Å²) < 4.78 is 27.7. The van der Waals surface area contributed by atoms with Crippen LogP contribution in [0.3, 0.4) is 0 Å². The predicted molar refractivity (Wildman–Crippen MR) is 183 cm³/mol. The third kappa shape index (κ3) is 10.4. The van der Waals surface area contributed by atoms with Crippen molar-refractivity contribution in [1.82, 2.24) is 10.6 Å². The van der Waals surface area contributed by atoms with Gasteiger partial charge in [-0.05, 0) is 73.7 Å². The zero-order valence-electron chi connectivity index (χ0n) is 28.0. The smallest absolute Gasteiger partial charge is 0.224 e. The summed E-state index contributed by atoms with van der Waals surface area (Å²) in [6.07, 6.45) is -1.55. The molecule has 1 aliphatic heterocycles. The summed E-state index contributed by atoms with van der Waals surface area (Å²) in [6.45, 7) is 3.80. The lowest BCUT2D eigenvalue weighted by Crippen LogP contribution is -2.50. The lowest BCUT2D eigenvalue weighted by atomic mass is 9.88. The summed E-state index contributed by atoms with van der Waals surface area (Å²) in [5.41, 5.74) is 2.44. The second kappa shape index (κ2) is 17.7. The molecule has 13 heteroatoms. The largest absolute Gasteiger partial charge is 0.394 e. The van der Waals surface area contributed by atoms with Crippen LogP contribution in [0.15, 0.2) is 47.4 Å². The summed E-state index contributed by atoms with van der Waals surface area (Å²) in [4.78, 5) is 15.1. The van der Waals surface area contributed by atoms with E-state index in [2.05, 4.69) is 22.9 Å². The summed E-state index contributed by atoms with van der Waals surface area (Å²) >= 11 is 0. The van der Waals surface area contributed by atoms with Crippen LogP contribution in [0.1, 0.15) is 76.0 Å². The molecular weight excluding hydrogens is 624 g/mol. The minimum Gasteiger partial charge on any atom is -0.394 e. The third-order valence-electron chi connectivity index (χ3n) is 8.95. The average molecular weight is 679 g/mol. The van der Waals surface area contributed by atoms with Gasteiger partial charge in [0.25, 0.3) is 0 Å². The fraction of sp³-hybridized carbons (Fsp3) is 0.618. The van der Waals surface area contributed by atoms with Gasteiger partial charge < -0.3 is 41.1 Å². The molecule has 8 N–H and O–H groups in total. The van der Waals surface area contributed by atoms with Crippen molar-refractivity contribution in [2.24, 2.45) is 0 Å². The van der Waals surface area contributed by atoms with Gasteiger partial charge in [-0.2, -0.15) is 0 Å². The van der Waals surface area contributed by atoms with Gasteiger partial charge in [-0.25, -0.2) is 8.42 Å². The molecule has 1 aliphatic rings. The molecule has 2 aromatic rings. The first-order chi connectivity index (χ1) is 22.3. The molecule has 0 fully saturated rings. The highest BCUT2D eigenvalue weighted by atomic mass is 32.2. The van der Waals surface area contributed by atoms with Crippen LogP contribution in [0.5, 0.6) is 0 Å². The van der Waals surface area contributed by atoms with Gasteiger partial charge in [0.15, 0.2) is 9.84 Å². The van der Waals surface area contributed by atoms with Gasteiger partial charge >= 0.3 is 0 Å². The average Bonchev–Trinajstić information content (AvgIpc) is 3.15. The quantitative estimate of drug-likeness (QED) is 0.107. The van der Waals surface area contributed by atoms with Crippen LogP contribution in [-0.2, 0) is 14.6 Å². The van der Waals surface area contributed by atoms with E-state index in [1.54, 1.807) is 6.07 Å². The number of amides is 1. The van der Waals surface area contributed by atoms with Gasteiger partial charge in [0.1, 0.15) is 18.3 Å². The highest BCUT2D eigenvalue weighted by molar-refractivity contribution is 7.91. The maximum absolute atomic E-state index is 13.8. The van der Waals surface area contributed by atoms with E-state index in [1.807, 2.05) is 62.3 Å². The summed E-state index contributed by atoms with van der Waals surface area (Å²) in [5, 5.41) is 57.6. The standard InChI is InChI=1S/C34H54N4O8S/c1-5-7-16-34(6-2)22-47(45,46)29-15-14-25(38(3)4)19-26(29)31(37-34)23-11-10-12-24(18-23)36-30(42)13-8-9-17-35-20-27(40)32(43)33(44)28(41)21-39/h10-12,14-15,18-19,27-28,31-33,35,37,39-41,43-44H,5-9,13,16-17,20-22H2,1-4H3,(H,36,42)/t27-,28+,31+,32+,33+,34+/m0/s1. The topological polar surface area (TPSA) is 192 Å². The maximum Gasteiger partial charge on any atom is 0.224 e. The fourth-order valence-corrected chi connectivity index (χ4v) is 8.11. The Morgan fingerprint density at radius 3 is 2.40 bits per heavy atom. The SMILES string of the molecule is CCCC[C@]1(CC)CS(=O)(=O)c2ccc(N(C)C)cc2[C@@H](c2cccc(NC(=O)CCCCNC[C@H](O)[C@@H](O)[C@H](O)[C@H](O)CO)c2)N1. The van der Waals surface area contributed by atoms with E-state index in [1.165, 1.54) is 0 Å². The lowest BCUT2D eigenvalue weighted by Gasteiger charge is -2.36. The first-order valence-corrected chi connectivity index (χ1v) is 18.2. The highest BCUT2D eigenvalue weighted by Crippen LogP contribution is 2.40. The summed E-state index contributed by atoms with van der Waals surface area (Å²) in [7, 11) is 0.255. The third-order valence-corrected chi connectivity index (χ3v) is 10.9. The number of aliphatic hydroxyl groups is 5. The molecular formula is C34H54N4O8S. The number of anilines is 2. The molecule has 0 unspecified atom stereocenters. The minimum absolute atomic E-state index is 0.0148. The number of fused-ring (bicyclic) bond motifs is 1. The first kappa shape index (κ1) is 38.8. The summed E-state index contributed by atoms with van der Waals surface area (Å²) in [6, 6.07) is 12.6. The number of rotatable bonds is 18. The van der Waals surface area contributed by atoms with Crippen molar-refractivity contribution < 1.29 is 38.7 Å². The monoisotopic (exact) mass is 678 g/mol. The number of carbonyl (C=O) groups excluding carboxylic acids is 1. The van der Waals surface area contributed by atoms with Crippen molar-refractivity contribution in [2.75, 3.05) is 49.8 Å². The molecule has 6 atom stereocenters. The summed E-state index contributed by atoms with van der Waals surface area (Å²) in [5.74, 6) is -0.155. The molecule has 0 bridgehead atoms.